The summed E-state index contributed by atoms with van der Waals surface area (Å²) in [5, 5.41) is 12.5. The minimum atomic E-state index is -0.959. The van der Waals surface area contributed by atoms with Gasteiger partial charge in [-0.1, -0.05) is 13.0 Å². The van der Waals surface area contributed by atoms with Gasteiger partial charge in [0.25, 0.3) is 0 Å². The zero-order valence-electron chi connectivity index (χ0n) is 10.7. The molecule has 0 fully saturated rings. The molecule has 5 heteroatoms. The number of aromatic nitrogens is 1. The predicted octanol–water partition coefficient (Wildman–Crippen LogP) is 1.87. The van der Waals surface area contributed by atoms with Gasteiger partial charge in [0.2, 0.25) is 5.91 Å². The molecule has 0 unspecified atom stereocenters. The molecule has 1 aromatic heterocycles. The van der Waals surface area contributed by atoms with E-state index in [1.54, 1.807) is 29.0 Å². The zero-order valence-corrected chi connectivity index (χ0v) is 10.7. The van der Waals surface area contributed by atoms with Gasteiger partial charge < -0.3 is 15.0 Å². The van der Waals surface area contributed by atoms with E-state index in [0.29, 0.717) is 11.9 Å². The Morgan fingerprint density at radius 1 is 1.32 bits per heavy atom. The molecule has 100 valence electrons. The van der Waals surface area contributed by atoms with E-state index in [0.717, 1.165) is 11.9 Å². The van der Waals surface area contributed by atoms with Crippen molar-refractivity contribution in [2.45, 2.75) is 19.9 Å². The number of hydrogen-bond donors (Lipinski definition) is 2. The fourth-order valence-electron chi connectivity index (χ4n) is 2.02. The monoisotopic (exact) mass is 260 g/mol. The summed E-state index contributed by atoms with van der Waals surface area (Å²) < 4.78 is 1.76. The van der Waals surface area contributed by atoms with E-state index in [-0.39, 0.29) is 18.0 Å². The first-order chi connectivity index (χ1) is 9.13. The highest BCUT2D eigenvalue weighted by Gasteiger charge is 2.11. The zero-order chi connectivity index (χ0) is 13.8. The lowest BCUT2D eigenvalue weighted by atomic mass is 10.1. The van der Waals surface area contributed by atoms with Crippen molar-refractivity contribution in [3.05, 3.63) is 36.0 Å². The van der Waals surface area contributed by atoms with Gasteiger partial charge in [-0.3, -0.25) is 4.79 Å². The van der Waals surface area contributed by atoms with Crippen molar-refractivity contribution in [2.75, 3.05) is 6.54 Å². The average molecular weight is 260 g/mol. The van der Waals surface area contributed by atoms with Gasteiger partial charge in [0.05, 0.1) is 5.56 Å². The highest BCUT2D eigenvalue weighted by Crippen LogP contribution is 2.20. The second-order valence-electron chi connectivity index (χ2n) is 4.34. The van der Waals surface area contributed by atoms with Crippen LogP contribution in [0.4, 0.5) is 0 Å². The summed E-state index contributed by atoms with van der Waals surface area (Å²) in [4.78, 5) is 22.8. The third kappa shape index (κ3) is 2.76. The van der Waals surface area contributed by atoms with Crippen LogP contribution < -0.4 is 5.32 Å². The van der Waals surface area contributed by atoms with Crippen LogP contribution in [0.5, 0.6) is 0 Å². The van der Waals surface area contributed by atoms with Crippen LogP contribution in [0.1, 0.15) is 23.7 Å². The number of aromatic carboxylic acids is 1. The molecule has 0 saturated heterocycles. The Balaban J connectivity index is 2.28. The lowest BCUT2D eigenvalue weighted by Crippen LogP contribution is -2.27. The average Bonchev–Trinajstić information content (AvgIpc) is 2.79. The fraction of sp³-hybridized carbons (Fsp3) is 0.286. The van der Waals surface area contributed by atoms with E-state index < -0.39 is 5.97 Å². The van der Waals surface area contributed by atoms with Gasteiger partial charge in [-0.25, -0.2) is 4.79 Å². The van der Waals surface area contributed by atoms with Gasteiger partial charge in [0.15, 0.2) is 0 Å². The van der Waals surface area contributed by atoms with Gasteiger partial charge in [-0.05, 0) is 24.6 Å². The summed E-state index contributed by atoms with van der Waals surface area (Å²) in [5.74, 6) is -1.03. The number of nitrogens with zero attached hydrogens (tertiary/aromatic N) is 1. The standard InChI is InChI=1S/C14H16N2O3/c1-2-7-15-13(17)9-16-8-6-10-11(14(18)19)4-3-5-12(10)16/h3-6,8H,2,7,9H2,1H3,(H,15,17)(H,18,19). The van der Waals surface area contributed by atoms with Gasteiger partial charge in [-0.2, -0.15) is 0 Å². The number of carbonyl (C=O) groups is 2. The number of carboxylic acids is 1. The van der Waals surface area contributed by atoms with Crippen molar-refractivity contribution in [1.82, 2.24) is 9.88 Å². The Morgan fingerprint density at radius 3 is 2.79 bits per heavy atom. The van der Waals surface area contributed by atoms with Crippen molar-refractivity contribution in [3.63, 3.8) is 0 Å². The van der Waals surface area contributed by atoms with E-state index in [1.165, 1.54) is 0 Å². The number of carboxylic acid groups (broad SMARTS) is 1. The summed E-state index contributed by atoms with van der Waals surface area (Å²) in [6.45, 7) is 2.84. The number of amides is 1. The van der Waals surface area contributed by atoms with Crippen molar-refractivity contribution >= 4 is 22.8 Å². The summed E-state index contributed by atoms with van der Waals surface area (Å²) in [6.07, 6.45) is 2.63. The lowest BCUT2D eigenvalue weighted by Gasteiger charge is -2.06. The summed E-state index contributed by atoms with van der Waals surface area (Å²) in [6, 6.07) is 6.79. The maximum Gasteiger partial charge on any atom is 0.336 e. The Hall–Kier alpha value is -2.30. The second kappa shape index (κ2) is 5.56. The molecule has 0 aliphatic rings. The number of fused-ring (bicyclic) bond motifs is 1. The van der Waals surface area contributed by atoms with Crippen LogP contribution in [0.25, 0.3) is 10.9 Å². The largest absolute Gasteiger partial charge is 0.478 e. The minimum Gasteiger partial charge on any atom is -0.478 e. The topological polar surface area (TPSA) is 71.3 Å². The molecule has 0 aliphatic heterocycles. The molecule has 2 rings (SSSR count). The number of rotatable bonds is 5. The Bertz CT molecular complexity index is 616. The number of benzene rings is 1. The van der Waals surface area contributed by atoms with Crippen LogP contribution in [0.3, 0.4) is 0 Å². The predicted molar refractivity (Wildman–Crippen MR) is 72.2 cm³/mol. The first-order valence-corrected chi connectivity index (χ1v) is 6.21. The quantitative estimate of drug-likeness (QED) is 0.862. The molecule has 0 saturated carbocycles. The van der Waals surface area contributed by atoms with Gasteiger partial charge in [0.1, 0.15) is 6.54 Å². The highest BCUT2D eigenvalue weighted by molar-refractivity contribution is 6.03. The third-order valence-electron chi connectivity index (χ3n) is 2.93. The Kier molecular flexibility index (Phi) is 3.85. The SMILES string of the molecule is CCCNC(=O)Cn1ccc2c(C(=O)O)cccc21. The molecule has 19 heavy (non-hydrogen) atoms. The van der Waals surface area contributed by atoms with E-state index in [4.69, 9.17) is 5.11 Å². The Labute approximate surface area is 110 Å². The van der Waals surface area contributed by atoms with E-state index in [9.17, 15) is 9.59 Å². The van der Waals surface area contributed by atoms with Crippen molar-refractivity contribution in [3.8, 4) is 0 Å². The van der Waals surface area contributed by atoms with Gasteiger partial charge >= 0.3 is 5.97 Å². The lowest BCUT2D eigenvalue weighted by molar-refractivity contribution is -0.121. The molecule has 1 amide bonds. The molecule has 2 N–H and O–H groups in total. The van der Waals surface area contributed by atoms with Crippen LogP contribution in [-0.2, 0) is 11.3 Å². The van der Waals surface area contributed by atoms with Gasteiger partial charge in [0, 0.05) is 23.6 Å². The molecule has 2 aromatic rings. The third-order valence-corrected chi connectivity index (χ3v) is 2.93. The smallest absolute Gasteiger partial charge is 0.336 e. The van der Waals surface area contributed by atoms with E-state index in [2.05, 4.69) is 5.32 Å². The molecule has 5 nitrogen and oxygen atoms in total. The molecule has 0 radical (unpaired) electrons. The number of nitrogens with one attached hydrogen (secondary N) is 1. The maximum absolute atomic E-state index is 11.7. The van der Waals surface area contributed by atoms with Crippen LogP contribution in [0.15, 0.2) is 30.5 Å². The molecule has 0 aliphatic carbocycles. The number of carbonyl (C=O) groups excluding carboxylic acids is 1. The van der Waals surface area contributed by atoms with E-state index >= 15 is 0 Å². The molecule has 0 atom stereocenters. The van der Waals surface area contributed by atoms with Crippen molar-refractivity contribution in [2.24, 2.45) is 0 Å². The van der Waals surface area contributed by atoms with Crippen LogP contribution in [0.2, 0.25) is 0 Å². The molecule has 1 aromatic carbocycles. The normalized spacial score (nSPS) is 10.6. The molecule has 0 bridgehead atoms. The van der Waals surface area contributed by atoms with Crippen molar-refractivity contribution in [1.29, 1.82) is 0 Å². The molecular formula is C14H16N2O3. The second-order valence-corrected chi connectivity index (χ2v) is 4.34. The van der Waals surface area contributed by atoms with Crippen LogP contribution >= 0.6 is 0 Å². The molecular weight excluding hydrogens is 244 g/mol. The summed E-state index contributed by atoms with van der Waals surface area (Å²) in [7, 11) is 0. The first-order valence-electron chi connectivity index (χ1n) is 6.21. The molecule has 0 spiro atoms. The molecule has 1 heterocycles. The first kappa shape index (κ1) is 13.1. The van der Waals surface area contributed by atoms with Gasteiger partial charge in [-0.15, -0.1) is 0 Å². The summed E-state index contributed by atoms with van der Waals surface area (Å²) in [5.41, 5.74) is 1.01. The highest BCUT2D eigenvalue weighted by atomic mass is 16.4. The van der Waals surface area contributed by atoms with Crippen LogP contribution in [-0.4, -0.2) is 28.1 Å². The maximum atomic E-state index is 11.7. The van der Waals surface area contributed by atoms with Crippen LogP contribution in [0, 0.1) is 0 Å². The Morgan fingerprint density at radius 2 is 2.11 bits per heavy atom. The minimum absolute atomic E-state index is 0.0694. The fourth-order valence-corrected chi connectivity index (χ4v) is 2.02. The van der Waals surface area contributed by atoms with E-state index in [1.807, 2.05) is 13.0 Å². The summed E-state index contributed by atoms with van der Waals surface area (Å²) >= 11 is 0. The number of hydrogen-bond acceptors (Lipinski definition) is 2. The van der Waals surface area contributed by atoms with Crippen molar-refractivity contribution < 1.29 is 14.7 Å².